The third-order valence-electron chi connectivity index (χ3n) is 4.80. The molecule has 6 N–H and O–H groups in total. The van der Waals surface area contributed by atoms with Gasteiger partial charge < -0.3 is 36.1 Å². The smallest absolute Gasteiger partial charge is 0.251 e. The number of amides is 1. The van der Waals surface area contributed by atoms with Gasteiger partial charge in [-0.05, 0) is 6.42 Å². The van der Waals surface area contributed by atoms with Crippen molar-refractivity contribution in [3.05, 3.63) is 0 Å². The number of hydrogen-bond donors (Lipinski definition) is 6. The van der Waals surface area contributed by atoms with E-state index in [0.29, 0.717) is 6.54 Å². The minimum atomic E-state index is -2.04. The number of carbonyl (C=O) groups is 1. The zero-order valence-electron chi connectivity index (χ0n) is 17.2. The van der Waals surface area contributed by atoms with Gasteiger partial charge in [0.2, 0.25) is 0 Å². The topological polar surface area (TPSA) is 172 Å². The maximum atomic E-state index is 11.9. The molecule has 0 saturated heterocycles. The van der Waals surface area contributed by atoms with E-state index in [0.717, 1.165) is 25.7 Å². The first-order valence-corrected chi connectivity index (χ1v) is 10.5. The standard InChI is InChI=1S/C19H39NO9/c1-2-3-4-5-6-7-8-9-10-11-12-20-19(26)18(25)17(24)16(23)15(22)14(21)13-28-29-27/h14-18,21-25,27H,2-13H2,1H3,(H,20,26)/p-1/t14-,15-,16+,17-,18-/m1/s1. The van der Waals surface area contributed by atoms with Crippen LogP contribution in [0.15, 0.2) is 0 Å². The van der Waals surface area contributed by atoms with E-state index < -0.39 is 43.0 Å². The van der Waals surface area contributed by atoms with E-state index in [2.05, 4.69) is 22.2 Å². The quantitative estimate of drug-likeness (QED) is 0.0868. The minimum absolute atomic E-state index is 0.315. The Morgan fingerprint density at radius 1 is 0.828 bits per heavy atom. The molecule has 0 aromatic rings. The van der Waals surface area contributed by atoms with Gasteiger partial charge in [-0.2, -0.15) is 0 Å². The molecule has 0 saturated carbocycles. The molecule has 5 atom stereocenters. The van der Waals surface area contributed by atoms with Crippen LogP contribution in [0.25, 0.3) is 0 Å². The first-order chi connectivity index (χ1) is 13.9. The maximum absolute atomic E-state index is 11.9. The lowest BCUT2D eigenvalue weighted by Crippen LogP contribution is -2.54. The van der Waals surface area contributed by atoms with Crippen molar-refractivity contribution in [1.29, 1.82) is 0 Å². The Hall–Kier alpha value is -0.850. The highest BCUT2D eigenvalue weighted by atomic mass is 17.5. The van der Waals surface area contributed by atoms with Crippen LogP contribution in [0.4, 0.5) is 0 Å². The molecule has 1 amide bonds. The second-order valence-corrected chi connectivity index (χ2v) is 7.31. The van der Waals surface area contributed by atoms with Crippen molar-refractivity contribution in [1.82, 2.24) is 5.32 Å². The van der Waals surface area contributed by atoms with Crippen LogP contribution in [0.5, 0.6) is 0 Å². The molecule has 0 aliphatic rings. The molecule has 0 spiro atoms. The average Bonchev–Trinajstić information content (AvgIpc) is 2.73. The predicted molar refractivity (Wildman–Crippen MR) is 102 cm³/mol. The number of unbranched alkanes of at least 4 members (excludes halogenated alkanes) is 9. The van der Waals surface area contributed by atoms with Crippen LogP contribution in [0.3, 0.4) is 0 Å². The van der Waals surface area contributed by atoms with Gasteiger partial charge in [-0.15, -0.1) is 0 Å². The summed E-state index contributed by atoms with van der Waals surface area (Å²) >= 11 is 0. The Bertz CT molecular complexity index is 400. The number of aliphatic hydroxyl groups is 5. The zero-order chi connectivity index (χ0) is 22.1. The van der Waals surface area contributed by atoms with E-state index in [1.165, 1.54) is 38.5 Å². The van der Waals surface area contributed by atoms with Crippen LogP contribution in [-0.2, 0) is 14.7 Å². The number of rotatable bonds is 19. The molecule has 0 aromatic heterocycles. The van der Waals surface area contributed by atoms with Crippen molar-refractivity contribution in [3.63, 3.8) is 0 Å². The summed E-state index contributed by atoms with van der Waals surface area (Å²) in [6.45, 7) is 1.74. The van der Waals surface area contributed by atoms with Crippen molar-refractivity contribution in [2.75, 3.05) is 13.2 Å². The summed E-state index contributed by atoms with van der Waals surface area (Å²) < 4.78 is 0. The van der Waals surface area contributed by atoms with Gasteiger partial charge in [-0.3, -0.25) is 9.83 Å². The largest absolute Gasteiger partial charge is 0.692 e. The van der Waals surface area contributed by atoms with Gasteiger partial charge in [-0.1, -0.05) is 64.7 Å². The molecule has 0 heterocycles. The highest BCUT2D eigenvalue weighted by Crippen LogP contribution is 2.11. The predicted octanol–water partition coefficient (Wildman–Crippen LogP) is -0.948. The first kappa shape index (κ1) is 28.1. The van der Waals surface area contributed by atoms with E-state index in [1.807, 2.05) is 0 Å². The van der Waals surface area contributed by atoms with Crippen LogP contribution in [0.2, 0.25) is 0 Å². The van der Waals surface area contributed by atoms with Gasteiger partial charge >= 0.3 is 0 Å². The Kier molecular flexibility index (Phi) is 17.4. The lowest BCUT2D eigenvalue weighted by molar-refractivity contribution is -0.800. The lowest BCUT2D eigenvalue weighted by Gasteiger charge is -2.28. The van der Waals surface area contributed by atoms with Crippen molar-refractivity contribution in [2.45, 2.75) is 102 Å². The minimum Gasteiger partial charge on any atom is -0.692 e. The normalized spacial score (nSPS) is 16.8. The number of hydrogen-bond acceptors (Lipinski definition) is 9. The summed E-state index contributed by atoms with van der Waals surface area (Å²) in [4.78, 5) is 15.7. The van der Waals surface area contributed by atoms with Gasteiger partial charge in [0.15, 0.2) is 6.10 Å². The van der Waals surface area contributed by atoms with Gasteiger partial charge in [-0.25, -0.2) is 4.89 Å². The van der Waals surface area contributed by atoms with E-state index in [4.69, 9.17) is 0 Å². The molecule has 0 bridgehead atoms. The molecule has 0 aromatic carbocycles. The molecule has 0 radical (unpaired) electrons. The monoisotopic (exact) mass is 424 g/mol. The highest BCUT2D eigenvalue weighted by Gasteiger charge is 2.37. The van der Waals surface area contributed by atoms with Crippen LogP contribution in [0.1, 0.15) is 71.1 Å². The summed E-state index contributed by atoms with van der Waals surface area (Å²) in [5.41, 5.74) is 0. The highest BCUT2D eigenvalue weighted by molar-refractivity contribution is 5.81. The third-order valence-corrected chi connectivity index (χ3v) is 4.80. The second kappa shape index (κ2) is 18.0. The molecule has 174 valence electrons. The summed E-state index contributed by atoms with van der Waals surface area (Å²) in [6, 6.07) is 0. The van der Waals surface area contributed by atoms with Gasteiger partial charge in [0, 0.05) is 6.54 Å². The van der Waals surface area contributed by atoms with Crippen LogP contribution < -0.4 is 10.6 Å². The summed E-state index contributed by atoms with van der Waals surface area (Å²) in [7, 11) is 0. The molecular formula is C19H38NO9-. The van der Waals surface area contributed by atoms with Gasteiger partial charge in [0.25, 0.3) is 5.91 Å². The Balaban J connectivity index is 3.91. The van der Waals surface area contributed by atoms with E-state index in [9.17, 15) is 35.6 Å². The van der Waals surface area contributed by atoms with Crippen molar-refractivity contribution >= 4 is 5.91 Å². The van der Waals surface area contributed by atoms with E-state index >= 15 is 0 Å². The molecule has 0 fully saturated rings. The number of nitrogens with one attached hydrogen (secondary N) is 1. The Morgan fingerprint density at radius 3 is 1.86 bits per heavy atom. The maximum Gasteiger partial charge on any atom is 0.251 e. The molecular weight excluding hydrogens is 386 g/mol. The molecule has 0 aliphatic heterocycles. The first-order valence-electron chi connectivity index (χ1n) is 10.5. The van der Waals surface area contributed by atoms with Gasteiger partial charge in [0.1, 0.15) is 31.0 Å². The van der Waals surface area contributed by atoms with Crippen LogP contribution in [-0.4, -0.2) is 75.1 Å². The Morgan fingerprint density at radius 2 is 1.34 bits per heavy atom. The molecule has 10 heteroatoms. The zero-order valence-corrected chi connectivity index (χ0v) is 17.2. The summed E-state index contributed by atoms with van der Waals surface area (Å²) in [5.74, 6) is -0.895. The Labute approximate surface area is 172 Å². The summed E-state index contributed by atoms with van der Waals surface area (Å²) in [6.07, 6.45) is 1.62. The molecule has 10 nitrogen and oxygen atoms in total. The SMILES string of the molecule is CCCCCCCCCCCCNC(=O)[C@H](O)[C@H](O)[C@@H](O)[C@H](O)[C@H](O)COO[O-]. The fourth-order valence-electron chi connectivity index (χ4n) is 2.90. The van der Waals surface area contributed by atoms with Crippen LogP contribution >= 0.6 is 0 Å². The lowest BCUT2D eigenvalue weighted by atomic mass is 9.99. The fraction of sp³-hybridized carbons (Fsp3) is 0.947. The third kappa shape index (κ3) is 13.1. The van der Waals surface area contributed by atoms with Crippen LogP contribution in [0, 0.1) is 0 Å². The summed E-state index contributed by atoms with van der Waals surface area (Å²) in [5, 5.41) is 63.6. The molecule has 0 aliphatic carbocycles. The number of carbonyl (C=O) groups excluding carboxylic acids is 1. The van der Waals surface area contributed by atoms with Crippen molar-refractivity contribution < 1.29 is 45.5 Å². The molecule has 29 heavy (non-hydrogen) atoms. The molecule has 0 unspecified atom stereocenters. The molecule has 0 rings (SSSR count). The van der Waals surface area contributed by atoms with Crippen molar-refractivity contribution in [2.24, 2.45) is 0 Å². The van der Waals surface area contributed by atoms with E-state index in [1.54, 1.807) is 0 Å². The second-order valence-electron chi connectivity index (χ2n) is 7.31. The van der Waals surface area contributed by atoms with Gasteiger partial charge in [0.05, 0.1) is 0 Å². The number of aliphatic hydroxyl groups excluding tert-OH is 5. The average molecular weight is 425 g/mol. The van der Waals surface area contributed by atoms with Crippen molar-refractivity contribution in [3.8, 4) is 0 Å². The van der Waals surface area contributed by atoms with E-state index in [-0.39, 0.29) is 0 Å². The fourth-order valence-corrected chi connectivity index (χ4v) is 2.90.